The molecule has 0 spiro atoms. The van der Waals surface area contributed by atoms with E-state index in [2.05, 4.69) is 10.6 Å². The number of carbonyl (C=O) groups excluding carboxylic acids is 2. The standard InChI is InChI=1S/C17H26N4O2/c1-13(10-18)11-19-16(22)14-6-5-9-21(12-14)17(23)20-15-7-3-2-4-8-15/h2-4,7-8,13-14H,5-6,9-12,18H2,1H3,(H,19,22)(H,20,23). The van der Waals surface area contributed by atoms with Crippen molar-refractivity contribution in [3.63, 3.8) is 0 Å². The van der Waals surface area contributed by atoms with Crippen LogP contribution in [0.2, 0.25) is 0 Å². The maximum atomic E-state index is 12.3. The molecule has 0 radical (unpaired) electrons. The SMILES string of the molecule is CC(CN)CNC(=O)C1CCCN(C(=O)Nc2ccccc2)C1. The minimum atomic E-state index is -0.149. The summed E-state index contributed by atoms with van der Waals surface area (Å²) in [6.07, 6.45) is 1.66. The fourth-order valence-electron chi connectivity index (χ4n) is 2.60. The van der Waals surface area contributed by atoms with Crippen molar-refractivity contribution in [2.45, 2.75) is 19.8 Å². The van der Waals surface area contributed by atoms with E-state index < -0.39 is 0 Å². The lowest BCUT2D eigenvalue weighted by molar-refractivity contribution is -0.126. The lowest BCUT2D eigenvalue weighted by atomic mass is 9.97. The van der Waals surface area contributed by atoms with E-state index in [1.807, 2.05) is 37.3 Å². The molecule has 1 aromatic rings. The summed E-state index contributed by atoms with van der Waals surface area (Å²) in [6, 6.07) is 9.20. The average molecular weight is 318 g/mol. The molecule has 0 bridgehead atoms. The number of nitrogens with zero attached hydrogens (tertiary/aromatic N) is 1. The van der Waals surface area contributed by atoms with Gasteiger partial charge in [0.15, 0.2) is 0 Å². The fourth-order valence-corrected chi connectivity index (χ4v) is 2.60. The molecular formula is C17H26N4O2. The Morgan fingerprint density at radius 2 is 2.09 bits per heavy atom. The van der Waals surface area contributed by atoms with Gasteiger partial charge in [0.2, 0.25) is 5.91 Å². The van der Waals surface area contributed by atoms with Crippen LogP contribution in [0.3, 0.4) is 0 Å². The number of piperidine rings is 1. The number of anilines is 1. The minimum Gasteiger partial charge on any atom is -0.355 e. The lowest BCUT2D eigenvalue weighted by Crippen LogP contribution is -2.47. The molecule has 1 aliphatic heterocycles. The summed E-state index contributed by atoms with van der Waals surface area (Å²) in [6.45, 7) is 4.28. The second kappa shape index (κ2) is 8.53. The van der Waals surface area contributed by atoms with Crippen LogP contribution in [0, 0.1) is 11.8 Å². The number of para-hydroxylation sites is 1. The first-order valence-corrected chi connectivity index (χ1v) is 8.19. The van der Waals surface area contributed by atoms with Crippen LogP contribution in [0.25, 0.3) is 0 Å². The lowest BCUT2D eigenvalue weighted by Gasteiger charge is -2.32. The monoisotopic (exact) mass is 318 g/mol. The summed E-state index contributed by atoms with van der Waals surface area (Å²) in [4.78, 5) is 26.3. The first-order valence-electron chi connectivity index (χ1n) is 8.19. The molecule has 4 N–H and O–H groups in total. The molecule has 6 heteroatoms. The van der Waals surface area contributed by atoms with Gasteiger partial charge >= 0.3 is 6.03 Å². The van der Waals surface area contributed by atoms with Crippen LogP contribution < -0.4 is 16.4 Å². The van der Waals surface area contributed by atoms with Crippen molar-refractivity contribution in [3.8, 4) is 0 Å². The average Bonchev–Trinajstić information content (AvgIpc) is 2.60. The van der Waals surface area contributed by atoms with E-state index in [9.17, 15) is 9.59 Å². The first kappa shape index (κ1) is 17.3. The number of likely N-dealkylation sites (tertiary alicyclic amines) is 1. The van der Waals surface area contributed by atoms with Crippen LogP contribution in [0.15, 0.2) is 30.3 Å². The van der Waals surface area contributed by atoms with Crippen molar-refractivity contribution < 1.29 is 9.59 Å². The molecule has 2 rings (SSSR count). The van der Waals surface area contributed by atoms with Crippen LogP contribution in [0.5, 0.6) is 0 Å². The molecule has 0 aliphatic carbocycles. The zero-order valence-electron chi connectivity index (χ0n) is 13.6. The molecule has 6 nitrogen and oxygen atoms in total. The molecule has 23 heavy (non-hydrogen) atoms. The van der Waals surface area contributed by atoms with Crippen LogP contribution in [0.1, 0.15) is 19.8 Å². The predicted octanol–water partition coefficient (Wildman–Crippen LogP) is 1.64. The molecule has 2 atom stereocenters. The molecule has 2 unspecified atom stereocenters. The zero-order chi connectivity index (χ0) is 16.7. The summed E-state index contributed by atoms with van der Waals surface area (Å²) >= 11 is 0. The molecule has 1 fully saturated rings. The zero-order valence-corrected chi connectivity index (χ0v) is 13.6. The normalized spacial score (nSPS) is 19.0. The van der Waals surface area contributed by atoms with Crippen LogP contribution in [0.4, 0.5) is 10.5 Å². The molecule has 1 aromatic carbocycles. The Kier molecular flexibility index (Phi) is 6.40. The van der Waals surface area contributed by atoms with Crippen molar-refractivity contribution >= 4 is 17.6 Å². The smallest absolute Gasteiger partial charge is 0.321 e. The summed E-state index contributed by atoms with van der Waals surface area (Å²) in [5.74, 6) is 0.137. The summed E-state index contributed by atoms with van der Waals surface area (Å²) in [5, 5.41) is 5.80. The number of urea groups is 1. The van der Waals surface area contributed by atoms with E-state index in [1.54, 1.807) is 4.90 Å². The predicted molar refractivity (Wildman–Crippen MR) is 91.0 cm³/mol. The van der Waals surface area contributed by atoms with Crippen molar-refractivity contribution in [3.05, 3.63) is 30.3 Å². The number of nitrogens with two attached hydrogens (primary N) is 1. The fraction of sp³-hybridized carbons (Fsp3) is 0.529. The number of hydrogen-bond acceptors (Lipinski definition) is 3. The van der Waals surface area contributed by atoms with Gasteiger partial charge in [0.1, 0.15) is 0 Å². The van der Waals surface area contributed by atoms with E-state index >= 15 is 0 Å². The molecule has 126 valence electrons. The molecule has 1 aliphatic rings. The third-order valence-electron chi connectivity index (χ3n) is 4.13. The van der Waals surface area contributed by atoms with Gasteiger partial charge in [0.05, 0.1) is 5.92 Å². The van der Waals surface area contributed by atoms with Gasteiger partial charge in [-0.15, -0.1) is 0 Å². The van der Waals surface area contributed by atoms with E-state index in [-0.39, 0.29) is 23.8 Å². The van der Waals surface area contributed by atoms with Crippen LogP contribution in [-0.4, -0.2) is 43.0 Å². The summed E-state index contributed by atoms with van der Waals surface area (Å²) in [5.41, 5.74) is 6.32. The highest BCUT2D eigenvalue weighted by molar-refractivity contribution is 5.90. The summed E-state index contributed by atoms with van der Waals surface area (Å²) < 4.78 is 0. The van der Waals surface area contributed by atoms with Gasteiger partial charge in [-0.2, -0.15) is 0 Å². The maximum absolute atomic E-state index is 12.3. The Morgan fingerprint density at radius 1 is 1.35 bits per heavy atom. The van der Waals surface area contributed by atoms with E-state index in [0.29, 0.717) is 26.2 Å². The van der Waals surface area contributed by atoms with Crippen molar-refractivity contribution in [2.75, 3.05) is 31.5 Å². The first-order chi connectivity index (χ1) is 11.1. The second-order valence-corrected chi connectivity index (χ2v) is 6.17. The van der Waals surface area contributed by atoms with E-state index in [4.69, 9.17) is 5.73 Å². The highest BCUT2D eigenvalue weighted by Crippen LogP contribution is 2.18. The Balaban J connectivity index is 1.85. The van der Waals surface area contributed by atoms with Gasteiger partial charge in [0, 0.05) is 25.3 Å². The number of amides is 3. The van der Waals surface area contributed by atoms with Crippen molar-refractivity contribution in [1.82, 2.24) is 10.2 Å². The van der Waals surface area contributed by atoms with E-state index in [0.717, 1.165) is 18.5 Å². The second-order valence-electron chi connectivity index (χ2n) is 6.17. The Bertz CT molecular complexity index is 521. The maximum Gasteiger partial charge on any atom is 0.321 e. The van der Waals surface area contributed by atoms with Gasteiger partial charge in [0.25, 0.3) is 0 Å². The number of carbonyl (C=O) groups is 2. The third-order valence-corrected chi connectivity index (χ3v) is 4.13. The van der Waals surface area contributed by atoms with Gasteiger partial charge in [-0.05, 0) is 37.4 Å². The number of benzene rings is 1. The van der Waals surface area contributed by atoms with Crippen LogP contribution in [-0.2, 0) is 4.79 Å². The van der Waals surface area contributed by atoms with Gasteiger partial charge in [-0.1, -0.05) is 25.1 Å². The minimum absolute atomic E-state index is 0.0162. The van der Waals surface area contributed by atoms with Crippen molar-refractivity contribution in [2.24, 2.45) is 17.6 Å². The molecule has 0 aromatic heterocycles. The Labute approximate surface area is 137 Å². The highest BCUT2D eigenvalue weighted by Gasteiger charge is 2.28. The summed E-state index contributed by atoms with van der Waals surface area (Å²) in [7, 11) is 0. The molecular weight excluding hydrogens is 292 g/mol. The van der Waals surface area contributed by atoms with Gasteiger partial charge in [-0.25, -0.2) is 4.79 Å². The van der Waals surface area contributed by atoms with Crippen molar-refractivity contribution in [1.29, 1.82) is 0 Å². The van der Waals surface area contributed by atoms with Gasteiger partial charge in [-0.3, -0.25) is 4.79 Å². The number of nitrogens with one attached hydrogen (secondary N) is 2. The third kappa shape index (κ3) is 5.25. The molecule has 3 amide bonds. The molecule has 1 saturated heterocycles. The van der Waals surface area contributed by atoms with Gasteiger partial charge < -0.3 is 21.3 Å². The number of rotatable bonds is 5. The topological polar surface area (TPSA) is 87.5 Å². The van der Waals surface area contributed by atoms with E-state index in [1.165, 1.54) is 0 Å². The highest BCUT2D eigenvalue weighted by atomic mass is 16.2. The molecule has 1 heterocycles. The quantitative estimate of drug-likeness (QED) is 0.771. The van der Waals surface area contributed by atoms with Crippen LogP contribution >= 0.6 is 0 Å². The Hall–Kier alpha value is -2.08. The largest absolute Gasteiger partial charge is 0.355 e. The number of hydrogen-bond donors (Lipinski definition) is 3. The Morgan fingerprint density at radius 3 is 2.78 bits per heavy atom. The molecule has 0 saturated carbocycles.